The third kappa shape index (κ3) is 3.07. The number of furan rings is 1. The van der Waals surface area contributed by atoms with E-state index in [-0.39, 0.29) is 24.4 Å². The Morgan fingerprint density at radius 3 is 2.81 bits per heavy atom. The van der Waals surface area contributed by atoms with Crippen molar-refractivity contribution >= 4 is 11.9 Å². The number of aromatic carboxylic acids is 1. The van der Waals surface area contributed by atoms with Crippen molar-refractivity contribution in [3.8, 4) is 0 Å². The molecule has 0 saturated heterocycles. The van der Waals surface area contributed by atoms with Gasteiger partial charge in [-0.1, -0.05) is 0 Å². The number of aliphatic hydroxyl groups is 1. The van der Waals surface area contributed by atoms with Crippen molar-refractivity contribution in [2.24, 2.45) is 5.73 Å². The zero-order chi connectivity index (χ0) is 12.1. The standard InChI is InChI=1S/C9H12N2O5/c10-8(13)6(12)3-11-4-7-5(9(14)15)1-2-16-7/h1-2,6,11-12H,3-4H2,(H2,10,13)(H,14,15). The number of hydrogen-bond acceptors (Lipinski definition) is 5. The summed E-state index contributed by atoms with van der Waals surface area (Å²) in [5, 5.41) is 20.4. The number of carboxylic acid groups (broad SMARTS) is 1. The molecule has 88 valence electrons. The molecular weight excluding hydrogens is 216 g/mol. The van der Waals surface area contributed by atoms with E-state index in [9.17, 15) is 9.59 Å². The lowest BCUT2D eigenvalue weighted by atomic mass is 10.2. The Morgan fingerprint density at radius 1 is 1.56 bits per heavy atom. The van der Waals surface area contributed by atoms with Crippen LogP contribution in [0.25, 0.3) is 0 Å². The van der Waals surface area contributed by atoms with E-state index in [1.165, 1.54) is 12.3 Å². The Labute approximate surface area is 90.9 Å². The average Bonchev–Trinajstić information content (AvgIpc) is 2.65. The number of nitrogens with two attached hydrogens (primary N) is 1. The van der Waals surface area contributed by atoms with Crippen molar-refractivity contribution in [2.75, 3.05) is 6.54 Å². The van der Waals surface area contributed by atoms with E-state index in [0.717, 1.165) is 0 Å². The highest BCUT2D eigenvalue weighted by Gasteiger charge is 2.14. The first-order chi connectivity index (χ1) is 7.52. The summed E-state index contributed by atoms with van der Waals surface area (Å²) in [7, 11) is 0. The van der Waals surface area contributed by atoms with Gasteiger partial charge in [-0.2, -0.15) is 0 Å². The van der Waals surface area contributed by atoms with Gasteiger partial charge in [-0.15, -0.1) is 0 Å². The van der Waals surface area contributed by atoms with Crippen molar-refractivity contribution in [3.63, 3.8) is 0 Å². The molecule has 0 aliphatic rings. The molecule has 1 rings (SSSR count). The zero-order valence-electron chi connectivity index (χ0n) is 8.34. The molecular formula is C9H12N2O5. The number of primary amides is 1. The summed E-state index contributed by atoms with van der Waals surface area (Å²) >= 11 is 0. The van der Waals surface area contributed by atoms with Gasteiger partial charge in [-0.25, -0.2) is 4.79 Å². The summed E-state index contributed by atoms with van der Waals surface area (Å²) in [6, 6.07) is 1.32. The number of nitrogens with one attached hydrogen (secondary N) is 1. The monoisotopic (exact) mass is 228 g/mol. The molecule has 1 atom stereocenters. The minimum atomic E-state index is -1.30. The Morgan fingerprint density at radius 2 is 2.25 bits per heavy atom. The molecule has 1 unspecified atom stereocenters. The van der Waals surface area contributed by atoms with Gasteiger partial charge >= 0.3 is 5.97 Å². The normalized spacial score (nSPS) is 12.3. The number of carbonyl (C=O) groups excluding carboxylic acids is 1. The van der Waals surface area contributed by atoms with E-state index in [1.54, 1.807) is 0 Å². The molecule has 0 aliphatic heterocycles. The minimum Gasteiger partial charge on any atom is -0.478 e. The number of rotatable bonds is 6. The van der Waals surface area contributed by atoms with Crippen molar-refractivity contribution in [1.82, 2.24) is 5.32 Å². The van der Waals surface area contributed by atoms with Gasteiger partial charge in [0.2, 0.25) is 5.91 Å². The Kier molecular flexibility index (Phi) is 4.03. The van der Waals surface area contributed by atoms with Gasteiger partial charge in [0, 0.05) is 6.54 Å². The summed E-state index contributed by atoms with van der Waals surface area (Å²) < 4.78 is 4.93. The fourth-order valence-corrected chi connectivity index (χ4v) is 1.09. The van der Waals surface area contributed by atoms with E-state index in [4.69, 9.17) is 20.4 Å². The van der Waals surface area contributed by atoms with E-state index in [0.29, 0.717) is 0 Å². The van der Waals surface area contributed by atoms with Crippen molar-refractivity contribution < 1.29 is 24.2 Å². The molecule has 1 aromatic heterocycles. The lowest BCUT2D eigenvalue weighted by Crippen LogP contribution is -2.37. The van der Waals surface area contributed by atoms with Gasteiger partial charge in [-0.3, -0.25) is 4.79 Å². The van der Waals surface area contributed by atoms with Gasteiger partial charge in [0.05, 0.1) is 12.8 Å². The van der Waals surface area contributed by atoms with Gasteiger partial charge in [-0.05, 0) is 6.07 Å². The molecule has 0 aromatic carbocycles. The summed E-state index contributed by atoms with van der Waals surface area (Å²) in [6.45, 7) is 0.0358. The first-order valence-corrected chi connectivity index (χ1v) is 4.50. The predicted octanol–water partition coefficient (Wildman–Crippen LogP) is -1.09. The van der Waals surface area contributed by atoms with Gasteiger partial charge in [0.15, 0.2) is 0 Å². The first-order valence-electron chi connectivity index (χ1n) is 4.50. The van der Waals surface area contributed by atoms with Crippen LogP contribution < -0.4 is 11.1 Å². The maximum absolute atomic E-state index is 10.7. The smallest absolute Gasteiger partial charge is 0.339 e. The van der Waals surface area contributed by atoms with Gasteiger partial charge in [0.1, 0.15) is 17.4 Å². The van der Waals surface area contributed by atoms with Crippen LogP contribution in [0.4, 0.5) is 0 Å². The van der Waals surface area contributed by atoms with E-state index in [1.807, 2.05) is 0 Å². The molecule has 0 bridgehead atoms. The van der Waals surface area contributed by atoms with E-state index < -0.39 is 18.0 Å². The molecule has 1 amide bonds. The predicted molar refractivity (Wildman–Crippen MR) is 52.6 cm³/mol. The Balaban J connectivity index is 2.46. The third-order valence-electron chi connectivity index (χ3n) is 1.93. The molecule has 0 radical (unpaired) electrons. The first kappa shape index (κ1) is 12.2. The largest absolute Gasteiger partial charge is 0.478 e. The quantitative estimate of drug-likeness (QED) is 0.490. The maximum atomic E-state index is 10.7. The van der Waals surface area contributed by atoms with E-state index >= 15 is 0 Å². The molecule has 1 heterocycles. The van der Waals surface area contributed by atoms with Crippen molar-refractivity contribution in [3.05, 3.63) is 23.7 Å². The molecule has 0 spiro atoms. The van der Waals surface area contributed by atoms with Gasteiger partial charge < -0.3 is 25.7 Å². The zero-order valence-corrected chi connectivity index (χ0v) is 8.34. The SMILES string of the molecule is NC(=O)C(O)CNCc1occc1C(=O)O. The second-order valence-corrected chi connectivity index (χ2v) is 3.11. The molecule has 1 aromatic rings. The van der Waals surface area contributed by atoms with Crippen LogP contribution in [-0.4, -0.2) is 34.7 Å². The molecule has 16 heavy (non-hydrogen) atoms. The fraction of sp³-hybridized carbons (Fsp3) is 0.333. The third-order valence-corrected chi connectivity index (χ3v) is 1.93. The number of carbonyl (C=O) groups is 2. The van der Waals surface area contributed by atoms with Crippen LogP contribution in [0.2, 0.25) is 0 Å². The van der Waals surface area contributed by atoms with Crippen molar-refractivity contribution in [2.45, 2.75) is 12.6 Å². The van der Waals surface area contributed by atoms with Gasteiger partial charge in [0.25, 0.3) is 0 Å². The van der Waals surface area contributed by atoms with Crippen LogP contribution in [0, 0.1) is 0 Å². The lowest BCUT2D eigenvalue weighted by Gasteiger charge is -2.07. The van der Waals surface area contributed by atoms with Crippen molar-refractivity contribution in [1.29, 1.82) is 0 Å². The van der Waals surface area contributed by atoms with Crippen LogP contribution in [0.5, 0.6) is 0 Å². The fourth-order valence-electron chi connectivity index (χ4n) is 1.09. The maximum Gasteiger partial charge on any atom is 0.339 e. The molecule has 5 N–H and O–H groups in total. The number of carboxylic acids is 1. The highest BCUT2D eigenvalue weighted by molar-refractivity contribution is 5.88. The molecule has 0 aliphatic carbocycles. The topological polar surface area (TPSA) is 126 Å². The summed E-state index contributed by atoms with van der Waals surface area (Å²) in [5.41, 5.74) is 4.87. The number of aliphatic hydroxyl groups excluding tert-OH is 1. The molecule has 7 heteroatoms. The van der Waals surface area contributed by atoms with Crippen LogP contribution in [0.15, 0.2) is 16.7 Å². The van der Waals surface area contributed by atoms with Crippen LogP contribution in [0.1, 0.15) is 16.1 Å². The minimum absolute atomic E-state index is 0.0427. The Bertz CT molecular complexity index is 387. The van der Waals surface area contributed by atoms with E-state index in [2.05, 4.69) is 5.32 Å². The van der Waals surface area contributed by atoms with Crippen LogP contribution in [-0.2, 0) is 11.3 Å². The highest BCUT2D eigenvalue weighted by atomic mass is 16.4. The summed E-state index contributed by atoms with van der Waals surface area (Å²) in [6.07, 6.45) is -0.0476. The molecule has 0 fully saturated rings. The van der Waals surface area contributed by atoms with Crippen LogP contribution in [0.3, 0.4) is 0 Å². The number of amides is 1. The molecule has 0 saturated carbocycles. The second-order valence-electron chi connectivity index (χ2n) is 3.11. The number of hydrogen-bond donors (Lipinski definition) is 4. The lowest BCUT2D eigenvalue weighted by molar-refractivity contribution is -0.125. The molecule has 7 nitrogen and oxygen atoms in total. The highest BCUT2D eigenvalue weighted by Crippen LogP contribution is 2.09. The van der Waals surface area contributed by atoms with Crippen LogP contribution >= 0.6 is 0 Å². The average molecular weight is 228 g/mol. The Hall–Kier alpha value is -1.86. The summed E-state index contributed by atoms with van der Waals surface area (Å²) in [5.74, 6) is -1.71. The summed E-state index contributed by atoms with van der Waals surface area (Å²) in [4.78, 5) is 21.2. The second kappa shape index (κ2) is 5.29.